The van der Waals surface area contributed by atoms with Gasteiger partial charge in [0, 0.05) is 44.1 Å². The molecule has 0 atom stereocenters. The number of fused-ring (bicyclic) bond motifs is 1. The van der Waals surface area contributed by atoms with Crippen LogP contribution in [0.3, 0.4) is 0 Å². The van der Waals surface area contributed by atoms with E-state index in [9.17, 15) is 10.1 Å². The van der Waals surface area contributed by atoms with Crippen LogP contribution in [0.1, 0.15) is 5.56 Å². The Morgan fingerprint density at radius 1 is 1.03 bits per heavy atom. The minimum atomic E-state index is -0.430. The van der Waals surface area contributed by atoms with E-state index in [1.165, 1.54) is 17.4 Å². The number of aromatic nitrogens is 2. The molecule has 0 radical (unpaired) electrons. The lowest BCUT2D eigenvalue weighted by molar-refractivity contribution is -0.384. The molecular formula is C24H16BrN5O2S. The fraction of sp³-hybridized carbons (Fsp3) is 0. The Morgan fingerprint density at radius 3 is 2.64 bits per heavy atom. The molecule has 0 bridgehead atoms. The Kier molecular flexibility index (Phi) is 5.72. The van der Waals surface area contributed by atoms with Crippen molar-refractivity contribution >= 4 is 55.8 Å². The molecule has 33 heavy (non-hydrogen) atoms. The maximum atomic E-state index is 11.5. The van der Waals surface area contributed by atoms with Gasteiger partial charge in [-0.15, -0.1) is 11.3 Å². The van der Waals surface area contributed by atoms with Crippen molar-refractivity contribution in [2.24, 2.45) is 10.1 Å². The predicted octanol–water partition coefficient (Wildman–Crippen LogP) is 6.48. The van der Waals surface area contributed by atoms with Gasteiger partial charge in [0.2, 0.25) is 4.80 Å². The van der Waals surface area contributed by atoms with Crippen molar-refractivity contribution in [3.05, 3.63) is 109 Å². The molecule has 2 aromatic heterocycles. The molecule has 5 rings (SSSR count). The summed E-state index contributed by atoms with van der Waals surface area (Å²) in [7, 11) is 0. The van der Waals surface area contributed by atoms with E-state index in [1.54, 1.807) is 29.1 Å². The highest BCUT2D eigenvalue weighted by Crippen LogP contribution is 2.30. The van der Waals surface area contributed by atoms with Crippen molar-refractivity contribution in [1.82, 2.24) is 9.66 Å². The molecule has 0 fully saturated rings. The summed E-state index contributed by atoms with van der Waals surface area (Å²) in [5, 5.41) is 19.2. The minimum absolute atomic E-state index is 0.0551. The first kappa shape index (κ1) is 21.0. The minimum Gasteiger partial charge on any atom is -0.361 e. The number of nitro groups is 1. The lowest BCUT2D eigenvalue weighted by Crippen LogP contribution is -2.12. The Morgan fingerprint density at radius 2 is 1.79 bits per heavy atom. The monoisotopic (exact) mass is 517 g/mol. The number of thiazole rings is 1. The SMILES string of the molecule is O=[N+]([O-])c1ccccc1N=c1scc(-c2ccccc2Br)n1N=Cc1c[nH]c2ccccc12. The summed E-state index contributed by atoms with van der Waals surface area (Å²) in [6, 6.07) is 22.3. The van der Waals surface area contributed by atoms with Crippen molar-refractivity contribution in [2.75, 3.05) is 0 Å². The fourth-order valence-electron chi connectivity index (χ4n) is 3.48. The maximum Gasteiger partial charge on any atom is 0.294 e. The van der Waals surface area contributed by atoms with Crippen LogP contribution in [-0.2, 0) is 0 Å². The van der Waals surface area contributed by atoms with Crippen LogP contribution in [0.15, 0.2) is 98.9 Å². The van der Waals surface area contributed by atoms with Gasteiger partial charge in [0.15, 0.2) is 0 Å². The number of H-pyrrole nitrogens is 1. The Hall–Kier alpha value is -3.82. The standard InChI is InChI=1S/C24H16BrN5O2S/c25-19-9-3-1-8-18(19)23-15-33-24(28-21-11-5-6-12-22(21)30(31)32)29(23)27-14-16-13-26-20-10-4-2-7-17(16)20/h1-15,26H. The molecule has 3 aromatic carbocycles. The maximum absolute atomic E-state index is 11.5. The number of nitrogens with zero attached hydrogens (tertiary/aromatic N) is 4. The zero-order valence-electron chi connectivity index (χ0n) is 17.1. The van der Waals surface area contributed by atoms with Crippen molar-refractivity contribution in [3.63, 3.8) is 0 Å². The summed E-state index contributed by atoms with van der Waals surface area (Å²) in [5.74, 6) is 0. The van der Waals surface area contributed by atoms with Gasteiger partial charge in [-0.2, -0.15) is 5.10 Å². The number of aromatic amines is 1. The Balaban J connectivity index is 1.70. The highest BCUT2D eigenvalue weighted by molar-refractivity contribution is 9.10. The molecular weight excluding hydrogens is 502 g/mol. The number of halogens is 1. The van der Waals surface area contributed by atoms with Gasteiger partial charge in [0.05, 0.1) is 16.8 Å². The zero-order valence-corrected chi connectivity index (χ0v) is 19.5. The highest BCUT2D eigenvalue weighted by Gasteiger charge is 2.14. The van der Waals surface area contributed by atoms with Gasteiger partial charge in [-0.25, -0.2) is 9.67 Å². The van der Waals surface area contributed by atoms with Crippen LogP contribution < -0.4 is 4.80 Å². The first-order chi connectivity index (χ1) is 16.1. The summed E-state index contributed by atoms with van der Waals surface area (Å²) < 4.78 is 2.62. The van der Waals surface area contributed by atoms with Crippen molar-refractivity contribution in [3.8, 4) is 11.3 Å². The van der Waals surface area contributed by atoms with Crippen LogP contribution in [0.2, 0.25) is 0 Å². The van der Waals surface area contributed by atoms with Crippen LogP contribution >= 0.6 is 27.3 Å². The van der Waals surface area contributed by atoms with Crippen molar-refractivity contribution in [2.45, 2.75) is 0 Å². The second-order valence-electron chi connectivity index (χ2n) is 7.09. The molecule has 0 aliphatic heterocycles. The molecule has 9 heteroatoms. The molecule has 0 spiro atoms. The second-order valence-corrected chi connectivity index (χ2v) is 8.78. The van der Waals surface area contributed by atoms with Crippen LogP contribution in [0.4, 0.5) is 11.4 Å². The van der Waals surface area contributed by atoms with E-state index >= 15 is 0 Å². The van der Waals surface area contributed by atoms with Gasteiger partial charge in [-0.1, -0.05) is 64.5 Å². The number of benzene rings is 3. The quantitative estimate of drug-likeness (QED) is 0.164. The lowest BCUT2D eigenvalue weighted by atomic mass is 10.2. The van der Waals surface area contributed by atoms with Crippen LogP contribution in [0, 0.1) is 10.1 Å². The summed E-state index contributed by atoms with van der Waals surface area (Å²) in [6.07, 6.45) is 3.67. The third-order valence-corrected chi connectivity index (χ3v) is 6.57. The van der Waals surface area contributed by atoms with Gasteiger partial charge < -0.3 is 4.98 Å². The van der Waals surface area contributed by atoms with Crippen molar-refractivity contribution in [1.29, 1.82) is 0 Å². The summed E-state index contributed by atoms with van der Waals surface area (Å²) in [4.78, 5) is 19.4. The Bertz CT molecular complexity index is 1580. The van der Waals surface area contributed by atoms with E-state index in [2.05, 4.69) is 25.9 Å². The van der Waals surface area contributed by atoms with E-state index in [4.69, 9.17) is 5.10 Å². The third kappa shape index (κ3) is 4.15. The van der Waals surface area contributed by atoms with E-state index in [0.29, 0.717) is 4.80 Å². The summed E-state index contributed by atoms with van der Waals surface area (Å²) in [6.45, 7) is 0. The molecule has 0 saturated carbocycles. The second kappa shape index (κ2) is 8.97. The normalized spacial score (nSPS) is 12.1. The highest BCUT2D eigenvalue weighted by atomic mass is 79.9. The Labute approximate surface area is 200 Å². The molecule has 1 N–H and O–H groups in total. The molecule has 162 valence electrons. The summed E-state index contributed by atoms with van der Waals surface area (Å²) >= 11 is 4.98. The zero-order chi connectivity index (χ0) is 22.8. The van der Waals surface area contributed by atoms with Gasteiger partial charge >= 0.3 is 0 Å². The molecule has 0 unspecified atom stereocenters. The van der Waals surface area contributed by atoms with Crippen LogP contribution in [0.5, 0.6) is 0 Å². The number of hydrogen-bond donors (Lipinski definition) is 1. The van der Waals surface area contributed by atoms with Gasteiger partial charge in [-0.05, 0) is 18.2 Å². The lowest BCUT2D eigenvalue weighted by Gasteiger charge is -2.05. The van der Waals surface area contributed by atoms with Crippen LogP contribution in [0.25, 0.3) is 22.2 Å². The smallest absolute Gasteiger partial charge is 0.294 e. The topological polar surface area (TPSA) is 88.6 Å². The molecule has 2 heterocycles. The molecule has 0 amide bonds. The number of hydrogen-bond acceptors (Lipinski definition) is 5. The number of nitrogens with one attached hydrogen (secondary N) is 1. The van der Waals surface area contributed by atoms with Crippen LogP contribution in [-0.4, -0.2) is 20.8 Å². The van der Waals surface area contributed by atoms with Gasteiger partial charge in [0.25, 0.3) is 5.69 Å². The van der Waals surface area contributed by atoms with E-state index in [-0.39, 0.29) is 11.4 Å². The largest absolute Gasteiger partial charge is 0.361 e. The van der Waals surface area contributed by atoms with E-state index < -0.39 is 4.92 Å². The number of rotatable bonds is 5. The summed E-state index contributed by atoms with van der Waals surface area (Å²) in [5.41, 5.74) is 3.93. The van der Waals surface area contributed by atoms with Gasteiger partial charge in [0.1, 0.15) is 5.69 Å². The van der Waals surface area contributed by atoms with E-state index in [1.807, 2.05) is 60.1 Å². The average molecular weight is 518 g/mol. The molecule has 5 aromatic rings. The average Bonchev–Trinajstić information content (AvgIpc) is 3.42. The molecule has 7 nitrogen and oxygen atoms in total. The number of para-hydroxylation sites is 3. The molecule has 0 aliphatic rings. The van der Waals surface area contributed by atoms with Gasteiger partial charge in [-0.3, -0.25) is 10.1 Å². The molecule has 0 saturated heterocycles. The first-order valence-electron chi connectivity index (χ1n) is 9.96. The molecule has 0 aliphatic carbocycles. The van der Waals surface area contributed by atoms with E-state index in [0.717, 1.165) is 32.2 Å². The van der Waals surface area contributed by atoms with Crippen molar-refractivity contribution < 1.29 is 4.92 Å². The first-order valence-corrected chi connectivity index (χ1v) is 11.6. The number of nitro benzene ring substituents is 1. The fourth-order valence-corrected chi connectivity index (χ4v) is 4.81. The predicted molar refractivity (Wildman–Crippen MR) is 135 cm³/mol. The third-order valence-electron chi connectivity index (χ3n) is 5.06.